The van der Waals surface area contributed by atoms with E-state index in [1.54, 1.807) is 18.6 Å². The molecular weight excluding hydrogens is 683 g/mol. The smallest absolute Gasteiger partial charge is 0.142 e. The van der Waals surface area contributed by atoms with E-state index in [2.05, 4.69) is 51.3 Å². The molecule has 1 unspecified atom stereocenters. The van der Waals surface area contributed by atoms with Crippen molar-refractivity contribution in [3.8, 4) is 34.4 Å². The van der Waals surface area contributed by atoms with Crippen LogP contribution in [0.25, 0.3) is 11.1 Å². The summed E-state index contributed by atoms with van der Waals surface area (Å²) in [5, 5.41) is 13.9. The van der Waals surface area contributed by atoms with Gasteiger partial charge in [-0.05, 0) is 68.2 Å². The summed E-state index contributed by atoms with van der Waals surface area (Å²) in [5.74, 6) is 2.32. The van der Waals surface area contributed by atoms with Gasteiger partial charge in [0.25, 0.3) is 0 Å². The zero-order valence-electron chi connectivity index (χ0n) is 28.9. The highest BCUT2D eigenvalue weighted by atomic mass is 35.5. The van der Waals surface area contributed by atoms with Crippen LogP contribution in [0, 0.1) is 24.2 Å². The number of aromatic amines is 1. The largest absolute Gasteiger partial charge is 0.492 e. The number of likely N-dealkylation sites (tertiary alicyclic amines) is 1. The van der Waals surface area contributed by atoms with Crippen molar-refractivity contribution >= 4 is 23.2 Å². The minimum absolute atomic E-state index is 0.228. The summed E-state index contributed by atoms with van der Waals surface area (Å²) in [7, 11) is 2.16. The number of halogens is 2. The van der Waals surface area contributed by atoms with Crippen LogP contribution in [0.15, 0.2) is 79.5 Å². The highest BCUT2D eigenvalue weighted by Gasteiger charge is 2.20. The molecule has 0 radical (unpaired) electrons. The number of H-pyrrole nitrogens is 1. The molecule has 51 heavy (non-hydrogen) atoms. The maximum absolute atomic E-state index is 9.31. The Morgan fingerprint density at radius 3 is 2.65 bits per heavy atom. The van der Waals surface area contributed by atoms with Crippen LogP contribution in [-0.2, 0) is 26.2 Å². The van der Waals surface area contributed by atoms with Crippen molar-refractivity contribution in [3.63, 3.8) is 0 Å². The van der Waals surface area contributed by atoms with Gasteiger partial charge in [0.1, 0.15) is 36.5 Å². The average molecular weight is 726 g/mol. The molecule has 0 amide bonds. The summed E-state index contributed by atoms with van der Waals surface area (Å²) in [5.41, 5.74) is 7.11. The molecule has 9 nitrogen and oxygen atoms in total. The van der Waals surface area contributed by atoms with E-state index in [4.69, 9.17) is 37.4 Å². The predicted octanol–water partition coefficient (Wildman–Crippen LogP) is 8.17. The van der Waals surface area contributed by atoms with Gasteiger partial charge in [0.05, 0.1) is 34.2 Å². The molecule has 6 rings (SSSR count). The van der Waals surface area contributed by atoms with Gasteiger partial charge in [0, 0.05) is 73.3 Å². The Balaban J connectivity index is 1.17. The first-order chi connectivity index (χ1) is 24.9. The first-order valence-corrected chi connectivity index (χ1v) is 17.9. The van der Waals surface area contributed by atoms with Gasteiger partial charge in [-0.25, -0.2) is 4.98 Å². The highest BCUT2D eigenvalue weighted by Crippen LogP contribution is 2.39. The van der Waals surface area contributed by atoms with Gasteiger partial charge in [-0.2, -0.15) is 5.26 Å². The normalized spacial score (nSPS) is 14.6. The molecule has 0 bridgehead atoms. The van der Waals surface area contributed by atoms with Crippen molar-refractivity contribution in [2.75, 3.05) is 33.3 Å². The third-order valence-corrected chi connectivity index (χ3v) is 9.83. The number of nitrogens with zero attached hydrogens (tertiary/aromatic N) is 4. The van der Waals surface area contributed by atoms with E-state index >= 15 is 0 Å². The lowest BCUT2D eigenvalue weighted by Gasteiger charge is -2.29. The molecule has 0 spiro atoms. The van der Waals surface area contributed by atoms with Crippen molar-refractivity contribution in [1.29, 1.82) is 5.26 Å². The number of imidazole rings is 1. The summed E-state index contributed by atoms with van der Waals surface area (Å²) in [6.45, 7) is 6.67. The Bertz CT molecular complexity index is 1960. The lowest BCUT2D eigenvalue weighted by atomic mass is 9.96. The number of hydrogen-bond acceptors (Lipinski definition) is 8. The predicted molar refractivity (Wildman–Crippen MR) is 200 cm³/mol. The topological polar surface area (TPSA) is 108 Å². The van der Waals surface area contributed by atoms with Crippen LogP contribution in [0.1, 0.15) is 46.4 Å². The molecule has 2 N–H and O–H groups in total. The SMILES string of the molecule is Cc1c(COc2cc(OCc3cncc(C#N)c3)c(CNCCc3c[nH]cn3)cc2Cl)cccc1-c1cccc(OCC2CCCN(C)C2)c1Cl. The number of ether oxygens (including phenoxy) is 3. The van der Waals surface area contributed by atoms with Crippen LogP contribution in [0.3, 0.4) is 0 Å². The molecule has 0 saturated carbocycles. The number of nitrogens with one attached hydrogen (secondary N) is 2. The molecule has 0 aliphatic carbocycles. The van der Waals surface area contributed by atoms with E-state index in [9.17, 15) is 5.26 Å². The van der Waals surface area contributed by atoms with Crippen LogP contribution in [0.4, 0.5) is 0 Å². The second-order valence-electron chi connectivity index (χ2n) is 12.9. The number of pyridine rings is 1. The van der Waals surface area contributed by atoms with Gasteiger partial charge in [0.2, 0.25) is 0 Å². The molecule has 1 atom stereocenters. The van der Waals surface area contributed by atoms with Crippen LogP contribution in [0.2, 0.25) is 10.0 Å². The standard InChI is InChI=1S/C40H42Cl2N6O3/c1-27-31(7-3-8-34(27)35-9-4-10-37(40(35)42)49-23-28-6-5-13-48(2)22-28)25-51-39-16-38(50-24-30-14-29(17-43)18-45-19-30)32(15-36(39)41)20-44-12-11-33-21-46-26-47-33/h3-4,7-10,14-16,18-19,21,26,28,44H,5-6,11-13,20,22-25H2,1-2H3,(H,46,47). The lowest BCUT2D eigenvalue weighted by molar-refractivity contribution is 0.150. The molecule has 2 aromatic heterocycles. The number of hydrogen-bond donors (Lipinski definition) is 2. The average Bonchev–Trinajstić information content (AvgIpc) is 3.67. The molecule has 1 saturated heterocycles. The molecule has 5 aromatic rings. The van der Waals surface area contributed by atoms with Crippen LogP contribution < -0.4 is 19.5 Å². The number of rotatable bonds is 15. The number of piperidine rings is 1. The zero-order valence-corrected chi connectivity index (χ0v) is 30.4. The minimum atomic E-state index is 0.228. The maximum Gasteiger partial charge on any atom is 0.142 e. The molecule has 264 valence electrons. The van der Waals surface area contributed by atoms with Crippen LogP contribution in [-0.4, -0.2) is 53.1 Å². The Morgan fingerprint density at radius 2 is 1.82 bits per heavy atom. The fourth-order valence-electron chi connectivity index (χ4n) is 6.35. The van der Waals surface area contributed by atoms with E-state index < -0.39 is 0 Å². The Morgan fingerprint density at radius 1 is 0.980 bits per heavy atom. The molecule has 3 aromatic carbocycles. The molecular formula is C40H42Cl2N6O3. The second kappa shape index (κ2) is 17.6. The summed E-state index contributed by atoms with van der Waals surface area (Å²) >= 11 is 13.8. The summed E-state index contributed by atoms with van der Waals surface area (Å²) in [4.78, 5) is 13.8. The van der Waals surface area contributed by atoms with E-state index in [-0.39, 0.29) is 13.2 Å². The van der Waals surface area contributed by atoms with Crippen molar-refractivity contribution < 1.29 is 14.2 Å². The molecule has 1 aliphatic heterocycles. The second-order valence-corrected chi connectivity index (χ2v) is 13.7. The Labute approximate surface area is 309 Å². The minimum Gasteiger partial charge on any atom is -0.492 e. The van der Waals surface area contributed by atoms with Crippen molar-refractivity contribution in [1.82, 2.24) is 25.2 Å². The zero-order chi connectivity index (χ0) is 35.6. The van der Waals surface area contributed by atoms with Gasteiger partial charge < -0.3 is 29.4 Å². The molecule has 1 fully saturated rings. The molecule has 11 heteroatoms. The van der Waals surface area contributed by atoms with Gasteiger partial charge in [-0.3, -0.25) is 4.98 Å². The summed E-state index contributed by atoms with van der Waals surface area (Å²) in [6, 6.07) is 19.7. The number of benzene rings is 3. The first-order valence-electron chi connectivity index (χ1n) is 17.2. The van der Waals surface area contributed by atoms with Crippen molar-refractivity contribution in [2.24, 2.45) is 5.92 Å². The monoisotopic (exact) mass is 724 g/mol. The lowest BCUT2D eigenvalue weighted by Crippen LogP contribution is -2.34. The van der Waals surface area contributed by atoms with Crippen LogP contribution in [0.5, 0.6) is 17.2 Å². The Hall–Kier alpha value is -4.59. The van der Waals surface area contributed by atoms with Gasteiger partial charge in [-0.1, -0.05) is 53.5 Å². The van der Waals surface area contributed by atoms with Crippen molar-refractivity contribution in [2.45, 2.75) is 45.9 Å². The van der Waals surface area contributed by atoms with Gasteiger partial charge >= 0.3 is 0 Å². The van der Waals surface area contributed by atoms with Crippen molar-refractivity contribution in [3.05, 3.63) is 123 Å². The molecule has 1 aliphatic rings. The summed E-state index contributed by atoms with van der Waals surface area (Å²) < 4.78 is 18.9. The summed E-state index contributed by atoms with van der Waals surface area (Å²) in [6.07, 6.45) is 9.91. The molecule has 3 heterocycles. The van der Waals surface area contributed by atoms with Crippen LogP contribution >= 0.6 is 23.2 Å². The Kier molecular flexibility index (Phi) is 12.5. The number of nitriles is 1. The van der Waals surface area contributed by atoms with E-state index in [1.807, 2.05) is 48.7 Å². The maximum atomic E-state index is 9.31. The number of aromatic nitrogens is 3. The third-order valence-electron chi connectivity index (χ3n) is 9.14. The first kappa shape index (κ1) is 36.2. The van der Waals surface area contributed by atoms with Gasteiger partial charge in [-0.15, -0.1) is 0 Å². The van der Waals surface area contributed by atoms with Gasteiger partial charge in [0.15, 0.2) is 0 Å². The fourth-order valence-corrected chi connectivity index (χ4v) is 6.87. The third kappa shape index (κ3) is 9.60. The fraction of sp³-hybridized carbons (Fsp3) is 0.325. The van der Waals surface area contributed by atoms with E-state index in [0.717, 1.165) is 65.1 Å². The van der Waals surface area contributed by atoms with E-state index in [1.165, 1.54) is 19.0 Å². The van der Waals surface area contributed by atoms with E-state index in [0.29, 0.717) is 51.9 Å². The quantitative estimate of drug-likeness (QED) is 0.104. The highest BCUT2D eigenvalue weighted by molar-refractivity contribution is 6.35.